The van der Waals surface area contributed by atoms with Gasteiger partial charge in [-0.2, -0.15) is 11.8 Å². The van der Waals surface area contributed by atoms with Crippen LogP contribution in [-0.2, 0) is 10.3 Å². The van der Waals surface area contributed by atoms with Gasteiger partial charge < -0.3 is 20.5 Å². The molecular weight excluding hydrogens is 507 g/mol. The van der Waals surface area contributed by atoms with Crippen molar-refractivity contribution >= 4 is 53.0 Å². The number of rotatable bonds is 7. The lowest BCUT2D eigenvalue weighted by Crippen LogP contribution is -2.60. The molecule has 9 heteroatoms. The molecule has 0 saturated carbocycles. The highest BCUT2D eigenvalue weighted by molar-refractivity contribution is 14.0. The molecule has 0 amide bonds. The van der Waals surface area contributed by atoms with Crippen LogP contribution in [0.4, 0.5) is 0 Å². The monoisotopic (exact) mass is 540 g/mol. The number of nitrogens with zero attached hydrogens (tertiary/aromatic N) is 2. The first-order chi connectivity index (χ1) is 13.1. The number of nitrogens with one attached hydrogen (secondary N) is 2. The number of morpholine rings is 1. The van der Waals surface area contributed by atoms with Crippen LogP contribution in [0.15, 0.2) is 22.5 Å². The Morgan fingerprint density at radius 1 is 1.39 bits per heavy atom. The van der Waals surface area contributed by atoms with Crippen molar-refractivity contribution in [2.45, 2.75) is 31.4 Å². The second kappa shape index (κ2) is 11.4. The standard InChI is InChI=1S/C19H32N4O2S2.HI/c1-3-20-17(21-13-18(2,24)16-5-4-11-27-16)22-14-19(6-12-26-15-19)23-7-9-25-10-8-23;/h4-5,11,24H,3,6-10,12-15H2,1-2H3,(H2,20,21,22);1H. The van der Waals surface area contributed by atoms with Crippen molar-refractivity contribution in [1.29, 1.82) is 0 Å². The molecule has 0 bridgehead atoms. The molecule has 2 aliphatic rings. The van der Waals surface area contributed by atoms with Gasteiger partial charge in [-0.3, -0.25) is 4.90 Å². The molecule has 2 atom stereocenters. The average Bonchev–Trinajstić information content (AvgIpc) is 3.38. The lowest BCUT2D eigenvalue weighted by molar-refractivity contribution is -0.0120. The van der Waals surface area contributed by atoms with E-state index in [9.17, 15) is 5.11 Å². The third-order valence-electron chi connectivity index (χ3n) is 5.29. The van der Waals surface area contributed by atoms with Crippen molar-refractivity contribution in [3.8, 4) is 0 Å². The molecule has 1 aromatic rings. The zero-order valence-corrected chi connectivity index (χ0v) is 20.7. The topological polar surface area (TPSA) is 69.1 Å². The molecule has 3 rings (SSSR count). The van der Waals surface area contributed by atoms with E-state index in [0.29, 0.717) is 6.54 Å². The first-order valence-electron chi connectivity index (χ1n) is 9.75. The number of halogens is 1. The van der Waals surface area contributed by atoms with Gasteiger partial charge in [0.25, 0.3) is 0 Å². The largest absolute Gasteiger partial charge is 0.383 e. The summed E-state index contributed by atoms with van der Waals surface area (Å²) in [4.78, 5) is 8.22. The van der Waals surface area contributed by atoms with E-state index >= 15 is 0 Å². The first-order valence-corrected chi connectivity index (χ1v) is 11.8. The third kappa shape index (κ3) is 6.21. The van der Waals surface area contributed by atoms with Crippen molar-refractivity contribution in [3.05, 3.63) is 22.4 Å². The lowest BCUT2D eigenvalue weighted by Gasteiger charge is -2.43. The second-order valence-electron chi connectivity index (χ2n) is 7.43. The van der Waals surface area contributed by atoms with Crippen LogP contribution < -0.4 is 10.6 Å². The molecule has 0 radical (unpaired) electrons. The Kier molecular flexibility index (Phi) is 9.82. The molecule has 6 nitrogen and oxygen atoms in total. The fraction of sp³-hybridized carbons (Fsp3) is 0.737. The van der Waals surface area contributed by atoms with Crippen LogP contribution >= 0.6 is 47.1 Å². The molecule has 160 valence electrons. The number of thioether (sulfide) groups is 1. The number of hydrogen-bond acceptors (Lipinski definition) is 6. The molecule has 1 aromatic heterocycles. The molecule has 2 unspecified atom stereocenters. The third-order valence-corrected chi connectivity index (χ3v) is 7.65. The molecule has 0 aliphatic carbocycles. The average molecular weight is 541 g/mol. The van der Waals surface area contributed by atoms with Crippen molar-refractivity contribution in [3.63, 3.8) is 0 Å². The maximum atomic E-state index is 10.7. The Bertz CT molecular complexity index is 601. The quantitative estimate of drug-likeness (QED) is 0.280. The first kappa shape index (κ1) is 24.2. The van der Waals surface area contributed by atoms with Gasteiger partial charge in [0, 0.05) is 42.3 Å². The van der Waals surface area contributed by atoms with E-state index in [-0.39, 0.29) is 29.5 Å². The van der Waals surface area contributed by atoms with Gasteiger partial charge in [-0.1, -0.05) is 6.07 Å². The van der Waals surface area contributed by atoms with E-state index < -0.39 is 5.60 Å². The van der Waals surface area contributed by atoms with Crippen LogP contribution in [0, 0.1) is 0 Å². The number of aliphatic imine (C=N–C) groups is 1. The Balaban J connectivity index is 0.00000280. The molecular formula is C19H33IN4O2S2. The van der Waals surface area contributed by atoms with Gasteiger partial charge in [0.05, 0.1) is 19.8 Å². The second-order valence-corrected chi connectivity index (χ2v) is 9.48. The van der Waals surface area contributed by atoms with Crippen molar-refractivity contribution in [2.75, 3.05) is 57.4 Å². The highest BCUT2D eigenvalue weighted by Crippen LogP contribution is 2.33. The molecule has 0 spiro atoms. The number of thiophene rings is 1. The van der Waals surface area contributed by atoms with E-state index in [1.165, 1.54) is 12.2 Å². The number of ether oxygens (including phenoxy) is 1. The van der Waals surface area contributed by atoms with Gasteiger partial charge in [-0.05, 0) is 37.5 Å². The van der Waals surface area contributed by atoms with Gasteiger partial charge in [-0.25, -0.2) is 4.99 Å². The minimum atomic E-state index is -0.943. The number of guanidine groups is 1. The summed E-state index contributed by atoms with van der Waals surface area (Å²) < 4.78 is 5.55. The molecule has 28 heavy (non-hydrogen) atoms. The Labute approximate surface area is 193 Å². The highest BCUT2D eigenvalue weighted by atomic mass is 127. The SMILES string of the molecule is CCNC(=NCC(C)(O)c1cccs1)NCC1(N2CCOCC2)CCSC1.I. The maximum Gasteiger partial charge on any atom is 0.191 e. The summed E-state index contributed by atoms with van der Waals surface area (Å²) in [6, 6.07) is 3.93. The zero-order chi connectivity index (χ0) is 19.2. The van der Waals surface area contributed by atoms with Gasteiger partial charge in [0.15, 0.2) is 5.96 Å². The molecule has 3 N–H and O–H groups in total. The smallest absolute Gasteiger partial charge is 0.191 e. The van der Waals surface area contributed by atoms with Crippen LogP contribution in [0.2, 0.25) is 0 Å². The van der Waals surface area contributed by atoms with E-state index in [0.717, 1.165) is 56.0 Å². The molecule has 2 saturated heterocycles. The van der Waals surface area contributed by atoms with Crippen molar-refractivity contribution < 1.29 is 9.84 Å². The maximum absolute atomic E-state index is 10.7. The predicted octanol–water partition coefficient (Wildman–Crippen LogP) is 2.34. The van der Waals surface area contributed by atoms with Crippen molar-refractivity contribution in [2.24, 2.45) is 4.99 Å². The van der Waals surface area contributed by atoms with Crippen LogP contribution in [0.5, 0.6) is 0 Å². The summed E-state index contributed by atoms with van der Waals surface area (Å²) in [5.74, 6) is 3.13. The van der Waals surface area contributed by atoms with E-state index in [1.807, 2.05) is 36.2 Å². The lowest BCUT2D eigenvalue weighted by atomic mass is 9.95. The predicted molar refractivity (Wildman–Crippen MR) is 130 cm³/mol. The fourth-order valence-electron chi connectivity index (χ4n) is 3.62. The molecule has 2 aliphatic heterocycles. The zero-order valence-electron chi connectivity index (χ0n) is 16.8. The summed E-state index contributed by atoms with van der Waals surface area (Å²) in [7, 11) is 0. The van der Waals surface area contributed by atoms with E-state index in [2.05, 4.69) is 27.4 Å². The Morgan fingerprint density at radius 2 is 2.18 bits per heavy atom. The summed E-state index contributed by atoms with van der Waals surface area (Å²) >= 11 is 3.60. The highest BCUT2D eigenvalue weighted by Gasteiger charge is 2.40. The van der Waals surface area contributed by atoms with E-state index in [1.54, 1.807) is 11.3 Å². The molecule has 0 aromatic carbocycles. The van der Waals surface area contributed by atoms with Crippen LogP contribution in [-0.4, -0.2) is 78.9 Å². The van der Waals surface area contributed by atoms with Crippen LogP contribution in [0.3, 0.4) is 0 Å². The van der Waals surface area contributed by atoms with E-state index in [4.69, 9.17) is 4.74 Å². The van der Waals surface area contributed by atoms with Crippen molar-refractivity contribution in [1.82, 2.24) is 15.5 Å². The molecule has 2 fully saturated rings. The normalized spacial score (nSPS) is 25.8. The van der Waals surface area contributed by atoms with Gasteiger partial charge in [-0.15, -0.1) is 35.3 Å². The minimum absolute atomic E-state index is 0. The summed E-state index contributed by atoms with van der Waals surface area (Å²) in [6.07, 6.45) is 1.19. The van der Waals surface area contributed by atoms with Crippen LogP contribution in [0.1, 0.15) is 25.1 Å². The van der Waals surface area contributed by atoms with Gasteiger partial charge in [0.2, 0.25) is 0 Å². The van der Waals surface area contributed by atoms with Gasteiger partial charge >= 0.3 is 0 Å². The number of hydrogen-bond donors (Lipinski definition) is 3. The van der Waals surface area contributed by atoms with Crippen LogP contribution in [0.25, 0.3) is 0 Å². The fourth-order valence-corrected chi connectivity index (χ4v) is 5.88. The Hall–Kier alpha value is -0.0700. The molecule has 3 heterocycles. The van der Waals surface area contributed by atoms with Gasteiger partial charge in [0.1, 0.15) is 5.60 Å². The summed E-state index contributed by atoms with van der Waals surface area (Å²) in [5, 5.41) is 19.6. The number of aliphatic hydroxyl groups is 1. The summed E-state index contributed by atoms with van der Waals surface area (Å²) in [6.45, 7) is 9.55. The minimum Gasteiger partial charge on any atom is -0.383 e. The summed E-state index contributed by atoms with van der Waals surface area (Å²) in [5.41, 5.74) is -0.775. The Morgan fingerprint density at radius 3 is 2.79 bits per heavy atom.